The fraction of sp³-hybridized carbons (Fsp3) is 0.400. The van der Waals surface area contributed by atoms with Crippen molar-refractivity contribution < 1.29 is 19.4 Å². The third-order valence-electron chi connectivity index (χ3n) is 4.43. The quantitative estimate of drug-likeness (QED) is 0.788. The number of aliphatic carboxylic acids is 1. The van der Waals surface area contributed by atoms with Crippen LogP contribution in [0.25, 0.3) is 0 Å². The predicted octanol–water partition coefficient (Wildman–Crippen LogP) is 2.36. The molecule has 2 aromatic heterocycles. The van der Waals surface area contributed by atoms with Crippen molar-refractivity contribution in [3.05, 3.63) is 47.9 Å². The van der Waals surface area contributed by atoms with Crippen LogP contribution in [-0.2, 0) is 16.0 Å². The number of hydrogen-bond donors (Lipinski definition) is 2. The number of morpholine rings is 1. The number of rotatable bonds is 6. The lowest BCUT2D eigenvalue weighted by Gasteiger charge is -2.36. The molecule has 1 fully saturated rings. The van der Waals surface area contributed by atoms with Gasteiger partial charge in [-0.1, -0.05) is 0 Å². The SMILES string of the molecule is CC1CN(c2ccc(C(=O)Nc3ccc(CCC(=O)O)nc3)cn2)CC(C)O1. The fourth-order valence-corrected chi connectivity index (χ4v) is 3.16. The molecule has 2 atom stereocenters. The predicted molar refractivity (Wildman–Crippen MR) is 105 cm³/mol. The van der Waals surface area contributed by atoms with Gasteiger partial charge in [-0.25, -0.2) is 4.98 Å². The van der Waals surface area contributed by atoms with Gasteiger partial charge in [0.25, 0.3) is 5.91 Å². The van der Waals surface area contributed by atoms with Gasteiger partial charge in [-0.3, -0.25) is 14.6 Å². The second kappa shape index (κ2) is 8.79. The summed E-state index contributed by atoms with van der Waals surface area (Å²) < 4.78 is 5.73. The molecular formula is C20H24N4O4. The summed E-state index contributed by atoms with van der Waals surface area (Å²) in [5.41, 5.74) is 1.66. The number of aryl methyl sites for hydroxylation is 1. The van der Waals surface area contributed by atoms with Gasteiger partial charge in [0.1, 0.15) is 5.82 Å². The Hall–Kier alpha value is -3.00. The van der Waals surface area contributed by atoms with E-state index in [0.717, 1.165) is 18.9 Å². The molecule has 0 spiro atoms. The average molecular weight is 384 g/mol. The van der Waals surface area contributed by atoms with Crippen molar-refractivity contribution in [2.75, 3.05) is 23.3 Å². The molecule has 148 valence electrons. The molecule has 1 aliphatic heterocycles. The molecule has 0 radical (unpaired) electrons. The van der Waals surface area contributed by atoms with Crippen LogP contribution in [-0.4, -0.2) is 52.2 Å². The highest BCUT2D eigenvalue weighted by Crippen LogP contribution is 2.19. The Balaban J connectivity index is 1.59. The van der Waals surface area contributed by atoms with Gasteiger partial charge >= 0.3 is 5.97 Å². The fourth-order valence-electron chi connectivity index (χ4n) is 3.16. The molecule has 8 heteroatoms. The molecule has 0 aliphatic carbocycles. The van der Waals surface area contributed by atoms with Crippen LogP contribution < -0.4 is 10.2 Å². The van der Waals surface area contributed by atoms with E-state index in [-0.39, 0.29) is 24.5 Å². The van der Waals surface area contributed by atoms with Crippen LogP contribution in [0.4, 0.5) is 11.5 Å². The molecule has 0 aromatic carbocycles. The smallest absolute Gasteiger partial charge is 0.303 e. The first-order chi connectivity index (χ1) is 13.4. The Labute approximate surface area is 163 Å². The van der Waals surface area contributed by atoms with E-state index in [1.165, 1.54) is 6.20 Å². The van der Waals surface area contributed by atoms with Crippen molar-refractivity contribution in [2.45, 2.75) is 38.9 Å². The lowest BCUT2D eigenvalue weighted by Crippen LogP contribution is -2.45. The Morgan fingerprint density at radius 1 is 1.14 bits per heavy atom. The maximum absolute atomic E-state index is 12.4. The number of aromatic nitrogens is 2. The number of amides is 1. The van der Waals surface area contributed by atoms with Crippen LogP contribution in [0.1, 0.15) is 36.3 Å². The number of carbonyl (C=O) groups is 2. The van der Waals surface area contributed by atoms with Crippen LogP contribution in [0.5, 0.6) is 0 Å². The van der Waals surface area contributed by atoms with E-state index in [9.17, 15) is 9.59 Å². The van der Waals surface area contributed by atoms with Gasteiger partial charge in [0.2, 0.25) is 0 Å². The van der Waals surface area contributed by atoms with Crippen molar-refractivity contribution in [3.63, 3.8) is 0 Å². The van der Waals surface area contributed by atoms with Gasteiger partial charge < -0.3 is 20.1 Å². The third-order valence-corrected chi connectivity index (χ3v) is 4.43. The number of pyridine rings is 2. The van der Waals surface area contributed by atoms with Gasteiger partial charge in [-0.15, -0.1) is 0 Å². The summed E-state index contributed by atoms with van der Waals surface area (Å²) in [4.78, 5) is 33.8. The van der Waals surface area contributed by atoms with E-state index in [0.29, 0.717) is 23.4 Å². The highest BCUT2D eigenvalue weighted by atomic mass is 16.5. The highest BCUT2D eigenvalue weighted by Gasteiger charge is 2.23. The minimum atomic E-state index is -0.865. The third kappa shape index (κ3) is 5.26. The number of carboxylic acids is 1. The molecule has 1 amide bonds. The van der Waals surface area contributed by atoms with Gasteiger partial charge in [0.15, 0.2) is 0 Å². The van der Waals surface area contributed by atoms with Crippen molar-refractivity contribution in [1.82, 2.24) is 9.97 Å². The van der Waals surface area contributed by atoms with Crippen molar-refractivity contribution in [3.8, 4) is 0 Å². The average Bonchev–Trinajstić information content (AvgIpc) is 2.67. The summed E-state index contributed by atoms with van der Waals surface area (Å²) in [6.07, 6.45) is 3.74. The van der Waals surface area contributed by atoms with Crippen molar-refractivity contribution in [1.29, 1.82) is 0 Å². The minimum absolute atomic E-state index is 0.0252. The molecule has 2 N–H and O–H groups in total. The second-order valence-corrected chi connectivity index (χ2v) is 6.95. The van der Waals surface area contributed by atoms with Crippen LogP contribution in [0.3, 0.4) is 0 Å². The lowest BCUT2D eigenvalue weighted by molar-refractivity contribution is -0.136. The first-order valence-electron chi connectivity index (χ1n) is 9.25. The first-order valence-corrected chi connectivity index (χ1v) is 9.25. The number of carbonyl (C=O) groups excluding carboxylic acids is 1. The summed E-state index contributed by atoms with van der Waals surface area (Å²) in [6.45, 7) is 5.60. The molecule has 3 heterocycles. The molecule has 3 rings (SSSR count). The van der Waals surface area contributed by atoms with Gasteiger partial charge in [-0.05, 0) is 38.1 Å². The summed E-state index contributed by atoms with van der Waals surface area (Å²) in [5.74, 6) is -0.318. The largest absolute Gasteiger partial charge is 0.481 e. The number of hydrogen-bond acceptors (Lipinski definition) is 6. The van der Waals surface area contributed by atoms with Crippen LogP contribution in [0.2, 0.25) is 0 Å². The van der Waals surface area contributed by atoms with Crippen molar-refractivity contribution >= 4 is 23.4 Å². The topological polar surface area (TPSA) is 105 Å². The zero-order valence-corrected chi connectivity index (χ0v) is 16.0. The van der Waals surface area contributed by atoms with E-state index in [2.05, 4.69) is 20.2 Å². The molecule has 2 unspecified atom stereocenters. The van der Waals surface area contributed by atoms with E-state index >= 15 is 0 Å². The standard InChI is InChI=1S/C20H24N4O4/c1-13-11-24(12-14(2)28-13)18-7-3-15(9-22-18)20(27)23-17-5-4-16(21-10-17)6-8-19(25)26/h3-5,7,9-10,13-14H,6,8,11-12H2,1-2H3,(H,23,27)(H,25,26). The maximum Gasteiger partial charge on any atom is 0.303 e. The first kappa shape index (κ1) is 19.8. The number of carboxylic acid groups (broad SMARTS) is 1. The Bertz CT molecular complexity index is 813. The van der Waals surface area contributed by atoms with Crippen LogP contribution in [0, 0.1) is 0 Å². The van der Waals surface area contributed by atoms with Gasteiger partial charge in [0.05, 0.1) is 36.1 Å². The molecular weight excluding hydrogens is 360 g/mol. The molecule has 0 saturated carbocycles. The normalized spacial score (nSPS) is 19.3. The number of anilines is 2. The molecule has 1 saturated heterocycles. The molecule has 2 aromatic rings. The molecule has 28 heavy (non-hydrogen) atoms. The van der Waals surface area contributed by atoms with Gasteiger partial charge in [-0.2, -0.15) is 0 Å². The monoisotopic (exact) mass is 384 g/mol. The summed E-state index contributed by atoms with van der Waals surface area (Å²) in [5, 5.41) is 11.5. The highest BCUT2D eigenvalue weighted by molar-refractivity contribution is 6.04. The summed E-state index contributed by atoms with van der Waals surface area (Å²) in [7, 11) is 0. The Kier molecular flexibility index (Phi) is 6.20. The minimum Gasteiger partial charge on any atom is -0.481 e. The molecule has 1 aliphatic rings. The van der Waals surface area contributed by atoms with Crippen molar-refractivity contribution in [2.24, 2.45) is 0 Å². The zero-order chi connectivity index (χ0) is 20.1. The van der Waals surface area contributed by atoms with Gasteiger partial charge in [0, 0.05) is 31.4 Å². The Morgan fingerprint density at radius 3 is 2.46 bits per heavy atom. The lowest BCUT2D eigenvalue weighted by atomic mass is 10.2. The van der Waals surface area contributed by atoms with Crippen LogP contribution >= 0.6 is 0 Å². The Morgan fingerprint density at radius 2 is 1.89 bits per heavy atom. The van der Waals surface area contributed by atoms with Crippen LogP contribution in [0.15, 0.2) is 36.7 Å². The van der Waals surface area contributed by atoms with E-state index < -0.39 is 5.97 Å². The molecule has 8 nitrogen and oxygen atoms in total. The van der Waals surface area contributed by atoms with E-state index in [4.69, 9.17) is 9.84 Å². The summed E-state index contributed by atoms with van der Waals surface area (Å²) >= 11 is 0. The molecule has 0 bridgehead atoms. The van der Waals surface area contributed by atoms with E-state index in [1.54, 1.807) is 24.4 Å². The summed E-state index contributed by atoms with van der Waals surface area (Å²) in [6, 6.07) is 7.01. The van der Waals surface area contributed by atoms with E-state index in [1.807, 2.05) is 19.9 Å². The maximum atomic E-state index is 12.4. The second-order valence-electron chi connectivity index (χ2n) is 6.95. The zero-order valence-electron chi connectivity index (χ0n) is 16.0. The number of ether oxygens (including phenoxy) is 1. The number of nitrogens with one attached hydrogen (secondary N) is 1. The number of nitrogens with zero attached hydrogens (tertiary/aromatic N) is 3.